The van der Waals surface area contributed by atoms with Crippen molar-refractivity contribution in [1.82, 2.24) is 0 Å². The second kappa shape index (κ2) is 5.28. The Morgan fingerprint density at radius 2 is 1.45 bits per heavy atom. The van der Waals surface area contributed by atoms with E-state index < -0.39 is 11.9 Å². The molecule has 5 heteroatoms. The van der Waals surface area contributed by atoms with Crippen molar-refractivity contribution in [3.05, 3.63) is 0 Å². The molecular weight excluding hydrogens is 148 g/mol. The van der Waals surface area contributed by atoms with Gasteiger partial charge < -0.3 is 4.74 Å². The van der Waals surface area contributed by atoms with Crippen molar-refractivity contribution in [3.63, 3.8) is 0 Å². The van der Waals surface area contributed by atoms with Crippen LogP contribution in [0.1, 0.15) is 0 Å². The topological polar surface area (TPSA) is 68.1 Å². The van der Waals surface area contributed by atoms with E-state index in [4.69, 9.17) is 0 Å². The number of hydrogen-bond donors (Lipinski definition) is 0. The van der Waals surface area contributed by atoms with Gasteiger partial charge >= 0.3 is 11.9 Å². The summed E-state index contributed by atoms with van der Waals surface area (Å²) in [6.45, 7) is 0. The SMILES string of the molecule is CN=CC(=O)OC(=O)C=NC. The van der Waals surface area contributed by atoms with Crippen molar-refractivity contribution in [2.45, 2.75) is 0 Å². The van der Waals surface area contributed by atoms with E-state index in [-0.39, 0.29) is 0 Å². The molecule has 0 radical (unpaired) electrons. The molecule has 0 aliphatic carbocycles. The molecular formula is C6H8N2O3. The molecule has 60 valence electrons. The first-order valence-corrected chi connectivity index (χ1v) is 2.80. The van der Waals surface area contributed by atoms with Crippen LogP contribution in [-0.2, 0) is 14.3 Å². The summed E-state index contributed by atoms with van der Waals surface area (Å²) >= 11 is 0. The Bertz CT molecular complexity index is 186. The highest BCUT2D eigenvalue weighted by atomic mass is 16.6. The Morgan fingerprint density at radius 1 is 1.09 bits per heavy atom. The fraction of sp³-hybridized carbons (Fsp3) is 0.333. The molecule has 0 saturated carbocycles. The zero-order valence-corrected chi connectivity index (χ0v) is 6.27. The number of esters is 2. The van der Waals surface area contributed by atoms with Crippen LogP contribution in [0.3, 0.4) is 0 Å². The van der Waals surface area contributed by atoms with Crippen LogP contribution in [0, 0.1) is 0 Å². The first-order chi connectivity index (χ1) is 5.20. The van der Waals surface area contributed by atoms with Gasteiger partial charge in [0.25, 0.3) is 0 Å². The zero-order chi connectivity index (χ0) is 8.69. The van der Waals surface area contributed by atoms with Gasteiger partial charge in [0.15, 0.2) is 0 Å². The van der Waals surface area contributed by atoms with E-state index in [2.05, 4.69) is 14.7 Å². The van der Waals surface area contributed by atoms with E-state index in [0.29, 0.717) is 0 Å². The zero-order valence-electron chi connectivity index (χ0n) is 6.27. The van der Waals surface area contributed by atoms with Crippen molar-refractivity contribution in [2.75, 3.05) is 14.1 Å². The van der Waals surface area contributed by atoms with E-state index in [0.717, 1.165) is 12.4 Å². The molecule has 0 aliphatic heterocycles. The molecule has 11 heavy (non-hydrogen) atoms. The predicted molar refractivity (Wildman–Crippen MR) is 39.9 cm³/mol. The molecule has 0 aromatic heterocycles. The van der Waals surface area contributed by atoms with E-state index in [1.54, 1.807) is 0 Å². The van der Waals surface area contributed by atoms with E-state index >= 15 is 0 Å². The molecule has 0 aliphatic rings. The Balaban J connectivity index is 3.85. The van der Waals surface area contributed by atoms with E-state index in [9.17, 15) is 9.59 Å². The third-order valence-electron chi connectivity index (χ3n) is 0.670. The van der Waals surface area contributed by atoms with Crippen LogP contribution in [-0.4, -0.2) is 38.5 Å². The Hall–Kier alpha value is -1.52. The smallest absolute Gasteiger partial charge is 0.356 e. The lowest BCUT2D eigenvalue weighted by Gasteiger charge is -1.90. The van der Waals surface area contributed by atoms with Crippen molar-refractivity contribution in [3.8, 4) is 0 Å². The van der Waals surface area contributed by atoms with Gasteiger partial charge in [-0.05, 0) is 0 Å². The van der Waals surface area contributed by atoms with Crippen molar-refractivity contribution < 1.29 is 14.3 Å². The molecule has 0 aromatic carbocycles. The molecule has 0 unspecified atom stereocenters. The normalized spacial score (nSPS) is 10.7. The summed E-state index contributed by atoms with van der Waals surface area (Å²) in [7, 11) is 2.80. The molecule has 0 saturated heterocycles. The fourth-order valence-electron chi connectivity index (χ4n) is 0.363. The second-order valence-electron chi connectivity index (χ2n) is 1.51. The van der Waals surface area contributed by atoms with Crippen LogP contribution in [0.25, 0.3) is 0 Å². The monoisotopic (exact) mass is 156 g/mol. The van der Waals surface area contributed by atoms with Crippen molar-refractivity contribution >= 4 is 24.4 Å². The average molecular weight is 156 g/mol. The Kier molecular flexibility index (Phi) is 4.55. The first kappa shape index (κ1) is 9.48. The summed E-state index contributed by atoms with van der Waals surface area (Å²) in [6, 6.07) is 0. The highest BCUT2D eigenvalue weighted by Gasteiger charge is 2.02. The van der Waals surface area contributed by atoms with Crippen LogP contribution in [0.2, 0.25) is 0 Å². The van der Waals surface area contributed by atoms with Gasteiger partial charge in [-0.2, -0.15) is 0 Å². The lowest BCUT2D eigenvalue weighted by Crippen LogP contribution is -2.13. The molecule has 0 bridgehead atoms. The molecule has 0 N–H and O–H groups in total. The summed E-state index contributed by atoms with van der Waals surface area (Å²) in [6.07, 6.45) is 1.81. The van der Waals surface area contributed by atoms with Gasteiger partial charge in [-0.15, -0.1) is 0 Å². The van der Waals surface area contributed by atoms with Gasteiger partial charge in [0, 0.05) is 14.1 Å². The standard InChI is InChI=1S/C6H8N2O3/c1-7-3-5(9)11-6(10)4-8-2/h3-4H,1-2H3. The van der Waals surface area contributed by atoms with E-state index in [1.807, 2.05) is 0 Å². The van der Waals surface area contributed by atoms with Crippen LogP contribution in [0.4, 0.5) is 0 Å². The van der Waals surface area contributed by atoms with E-state index in [1.165, 1.54) is 14.1 Å². The number of carbonyl (C=O) groups excluding carboxylic acids is 2. The molecule has 0 rings (SSSR count). The third kappa shape index (κ3) is 4.95. The van der Waals surface area contributed by atoms with Crippen LogP contribution in [0.5, 0.6) is 0 Å². The summed E-state index contributed by atoms with van der Waals surface area (Å²) in [5.41, 5.74) is 0. The molecule has 0 fully saturated rings. The lowest BCUT2D eigenvalue weighted by molar-refractivity contribution is -0.149. The van der Waals surface area contributed by atoms with Crippen molar-refractivity contribution in [1.29, 1.82) is 0 Å². The van der Waals surface area contributed by atoms with Crippen LogP contribution < -0.4 is 0 Å². The molecule has 0 heterocycles. The third-order valence-corrected chi connectivity index (χ3v) is 0.670. The quantitative estimate of drug-likeness (QED) is 0.306. The van der Waals surface area contributed by atoms with Crippen LogP contribution >= 0.6 is 0 Å². The van der Waals surface area contributed by atoms with Gasteiger partial charge in [-0.25, -0.2) is 9.59 Å². The summed E-state index contributed by atoms with van der Waals surface area (Å²) in [4.78, 5) is 27.7. The summed E-state index contributed by atoms with van der Waals surface area (Å²) < 4.78 is 4.15. The largest absolute Gasteiger partial charge is 0.384 e. The second-order valence-corrected chi connectivity index (χ2v) is 1.51. The van der Waals surface area contributed by atoms with Gasteiger partial charge in [0.2, 0.25) is 0 Å². The maximum Gasteiger partial charge on any atom is 0.356 e. The lowest BCUT2D eigenvalue weighted by atomic mass is 10.7. The van der Waals surface area contributed by atoms with Crippen molar-refractivity contribution in [2.24, 2.45) is 9.98 Å². The molecule has 0 spiro atoms. The average Bonchev–Trinajstić information content (AvgIpc) is 1.87. The van der Waals surface area contributed by atoms with Gasteiger partial charge in [0.1, 0.15) is 12.4 Å². The van der Waals surface area contributed by atoms with Gasteiger partial charge in [-0.3, -0.25) is 9.98 Å². The number of carbonyl (C=O) groups is 2. The first-order valence-electron chi connectivity index (χ1n) is 2.80. The maximum atomic E-state index is 10.5. The van der Waals surface area contributed by atoms with Gasteiger partial charge in [0.05, 0.1) is 0 Å². The minimum absolute atomic E-state index is 0.794. The summed E-state index contributed by atoms with van der Waals surface area (Å²) in [5, 5.41) is 0. The Labute approximate surface area is 63.8 Å². The Morgan fingerprint density at radius 3 is 1.73 bits per heavy atom. The molecule has 0 amide bonds. The van der Waals surface area contributed by atoms with Gasteiger partial charge in [-0.1, -0.05) is 0 Å². The number of rotatable bonds is 2. The van der Waals surface area contributed by atoms with Crippen LogP contribution in [0.15, 0.2) is 9.98 Å². The fourth-order valence-corrected chi connectivity index (χ4v) is 0.363. The number of ether oxygens (including phenoxy) is 1. The highest BCUT2D eigenvalue weighted by Crippen LogP contribution is 1.75. The number of nitrogens with zero attached hydrogens (tertiary/aromatic N) is 2. The summed E-state index contributed by atoms with van der Waals surface area (Å²) in [5.74, 6) is -1.59. The molecule has 0 atom stereocenters. The minimum atomic E-state index is -0.794. The number of aliphatic imine (C=N–C) groups is 2. The maximum absolute atomic E-state index is 10.5. The highest BCUT2D eigenvalue weighted by molar-refractivity contribution is 6.32. The molecule has 5 nitrogen and oxygen atoms in total. The minimum Gasteiger partial charge on any atom is -0.384 e. The number of hydrogen-bond acceptors (Lipinski definition) is 5. The predicted octanol–water partition coefficient (Wildman–Crippen LogP) is -0.543. The molecule has 0 aromatic rings.